The lowest BCUT2D eigenvalue weighted by atomic mass is 10.3. The number of guanidine groups is 1. The van der Waals surface area contributed by atoms with Crippen molar-refractivity contribution in [3.05, 3.63) is 45.4 Å². The number of ether oxygens (including phenoxy) is 1. The molecule has 0 saturated heterocycles. The number of aryl methyl sites for hydroxylation is 1. The molecule has 0 radical (unpaired) electrons. The Morgan fingerprint density at radius 3 is 2.84 bits per heavy atom. The van der Waals surface area contributed by atoms with Crippen LogP contribution in [0, 0.1) is 0 Å². The fourth-order valence-corrected chi connectivity index (χ4v) is 3.01. The number of nitrogens with one attached hydrogen (secondary N) is 2. The number of aromatic nitrogens is 1. The second-order valence-corrected chi connectivity index (χ2v) is 6.90. The van der Waals surface area contributed by atoms with E-state index in [4.69, 9.17) is 16.3 Å². The van der Waals surface area contributed by atoms with Crippen molar-refractivity contribution in [2.75, 3.05) is 13.6 Å². The molecular formula is C17H24ClIN4OS. The Morgan fingerprint density at radius 1 is 1.40 bits per heavy atom. The lowest BCUT2D eigenvalue weighted by Gasteiger charge is -2.17. The van der Waals surface area contributed by atoms with E-state index in [9.17, 15) is 0 Å². The van der Waals surface area contributed by atoms with Crippen molar-refractivity contribution in [2.24, 2.45) is 4.99 Å². The Morgan fingerprint density at radius 2 is 2.20 bits per heavy atom. The first kappa shape index (κ1) is 22.0. The first-order chi connectivity index (χ1) is 11.6. The third kappa shape index (κ3) is 7.79. The highest BCUT2D eigenvalue weighted by atomic mass is 127. The molecule has 0 aliphatic heterocycles. The zero-order valence-electron chi connectivity index (χ0n) is 14.6. The molecule has 1 heterocycles. The molecule has 2 rings (SSSR count). The summed E-state index contributed by atoms with van der Waals surface area (Å²) in [7, 11) is 1.75. The standard InChI is InChI=1S/C17H23ClN4OS.HI/c1-4-15-10-20-16(24-15)11-22-17(19-3)21-9-12(2)23-14-7-5-6-13(18)8-14;/h5-8,10,12H,4,9,11H2,1-3H3,(H2,19,21,22);1H. The Hall–Kier alpha value is -1.06. The van der Waals surface area contributed by atoms with E-state index in [0.29, 0.717) is 18.1 Å². The molecule has 1 atom stereocenters. The number of aliphatic imine (C=N–C) groups is 1. The fourth-order valence-electron chi connectivity index (χ4n) is 2.03. The second-order valence-electron chi connectivity index (χ2n) is 5.27. The Bertz CT molecular complexity index is 680. The first-order valence-electron chi connectivity index (χ1n) is 7.91. The van der Waals surface area contributed by atoms with Gasteiger partial charge in [0, 0.05) is 23.1 Å². The number of halogens is 2. The van der Waals surface area contributed by atoms with E-state index < -0.39 is 0 Å². The topological polar surface area (TPSA) is 58.5 Å². The zero-order valence-corrected chi connectivity index (χ0v) is 18.5. The summed E-state index contributed by atoms with van der Waals surface area (Å²) in [6.45, 7) is 5.42. The van der Waals surface area contributed by atoms with Gasteiger partial charge in [-0.1, -0.05) is 24.6 Å². The third-order valence-electron chi connectivity index (χ3n) is 3.27. The zero-order chi connectivity index (χ0) is 17.4. The molecular weight excluding hydrogens is 471 g/mol. The molecule has 25 heavy (non-hydrogen) atoms. The van der Waals surface area contributed by atoms with Gasteiger partial charge in [-0.15, -0.1) is 35.3 Å². The van der Waals surface area contributed by atoms with Crippen LogP contribution in [0.25, 0.3) is 0 Å². The van der Waals surface area contributed by atoms with Crippen LogP contribution >= 0.6 is 46.9 Å². The van der Waals surface area contributed by atoms with Crippen LogP contribution < -0.4 is 15.4 Å². The molecule has 1 aromatic carbocycles. The Balaban J connectivity index is 0.00000312. The maximum absolute atomic E-state index is 5.96. The number of rotatable bonds is 7. The molecule has 8 heteroatoms. The number of thiazole rings is 1. The lowest BCUT2D eigenvalue weighted by Crippen LogP contribution is -2.41. The van der Waals surface area contributed by atoms with Crippen LogP contribution in [0.4, 0.5) is 0 Å². The maximum atomic E-state index is 5.96. The van der Waals surface area contributed by atoms with Crippen molar-refractivity contribution in [2.45, 2.75) is 32.9 Å². The van der Waals surface area contributed by atoms with Gasteiger partial charge in [0.25, 0.3) is 0 Å². The third-order valence-corrected chi connectivity index (χ3v) is 4.65. The van der Waals surface area contributed by atoms with Crippen molar-refractivity contribution in [3.63, 3.8) is 0 Å². The van der Waals surface area contributed by atoms with Gasteiger partial charge >= 0.3 is 0 Å². The van der Waals surface area contributed by atoms with Gasteiger partial charge in [-0.3, -0.25) is 4.99 Å². The first-order valence-corrected chi connectivity index (χ1v) is 9.10. The average Bonchev–Trinajstić information content (AvgIpc) is 3.03. The van der Waals surface area contributed by atoms with Gasteiger partial charge in [-0.2, -0.15) is 0 Å². The van der Waals surface area contributed by atoms with Crippen LogP contribution in [0.1, 0.15) is 23.7 Å². The monoisotopic (exact) mass is 494 g/mol. The van der Waals surface area contributed by atoms with E-state index in [1.807, 2.05) is 31.3 Å². The van der Waals surface area contributed by atoms with E-state index in [1.165, 1.54) is 4.88 Å². The molecule has 0 saturated carbocycles. The minimum absolute atomic E-state index is 0. The van der Waals surface area contributed by atoms with Crippen LogP contribution in [0.3, 0.4) is 0 Å². The summed E-state index contributed by atoms with van der Waals surface area (Å²) in [5, 5.41) is 8.23. The lowest BCUT2D eigenvalue weighted by molar-refractivity contribution is 0.224. The highest BCUT2D eigenvalue weighted by Crippen LogP contribution is 2.18. The van der Waals surface area contributed by atoms with Crippen molar-refractivity contribution in [3.8, 4) is 5.75 Å². The summed E-state index contributed by atoms with van der Waals surface area (Å²) >= 11 is 7.68. The van der Waals surface area contributed by atoms with Crippen molar-refractivity contribution in [1.82, 2.24) is 15.6 Å². The SMILES string of the molecule is CCc1cnc(CNC(=NC)NCC(C)Oc2cccc(Cl)c2)s1.I. The minimum Gasteiger partial charge on any atom is -0.489 e. The summed E-state index contributed by atoms with van der Waals surface area (Å²) < 4.78 is 5.83. The average molecular weight is 495 g/mol. The van der Waals surface area contributed by atoms with Crippen LogP contribution in [0.15, 0.2) is 35.5 Å². The van der Waals surface area contributed by atoms with Gasteiger partial charge < -0.3 is 15.4 Å². The van der Waals surface area contributed by atoms with E-state index in [0.717, 1.165) is 23.1 Å². The molecule has 0 aliphatic carbocycles. The predicted molar refractivity (Wildman–Crippen MR) is 117 cm³/mol. The van der Waals surface area contributed by atoms with Crippen LogP contribution in [0.2, 0.25) is 5.02 Å². The van der Waals surface area contributed by atoms with Crippen LogP contribution in [-0.4, -0.2) is 30.6 Å². The van der Waals surface area contributed by atoms with Gasteiger partial charge in [-0.05, 0) is 31.5 Å². The molecule has 0 bridgehead atoms. The largest absolute Gasteiger partial charge is 0.489 e. The molecule has 2 aromatic rings. The van der Waals surface area contributed by atoms with Gasteiger partial charge in [0.15, 0.2) is 5.96 Å². The summed E-state index contributed by atoms with van der Waals surface area (Å²) in [6, 6.07) is 7.39. The quantitative estimate of drug-likeness (QED) is 0.346. The number of benzene rings is 1. The summed E-state index contributed by atoms with van der Waals surface area (Å²) in [5.41, 5.74) is 0. The highest BCUT2D eigenvalue weighted by Gasteiger charge is 2.07. The minimum atomic E-state index is -0.0198. The fraction of sp³-hybridized carbons (Fsp3) is 0.412. The van der Waals surface area contributed by atoms with Crippen molar-refractivity contribution in [1.29, 1.82) is 0 Å². The van der Waals surface area contributed by atoms with Gasteiger partial charge in [0.1, 0.15) is 16.9 Å². The maximum Gasteiger partial charge on any atom is 0.191 e. The van der Waals surface area contributed by atoms with E-state index in [-0.39, 0.29) is 30.1 Å². The summed E-state index contributed by atoms with van der Waals surface area (Å²) in [6.07, 6.45) is 2.93. The molecule has 0 amide bonds. The normalized spacial score (nSPS) is 12.2. The van der Waals surface area contributed by atoms with Crippen molar-refractivity contribution < 1.29 is 4.74 Å². The molecule has 0 spiro atoms. The molecule has 1 aromatic heterocycles. The smallest absolute Gasteiger partial charge is 0.191 e. The second kappa shape index (κ2) is 11.5. The number of nitrogens with zero attached hydrogens (tertiary/aromatic N) is 2. The van der Waals surface area contributed by atoms with E-state index in [1.54, 1.807) is 24.5 Å². The van der Waals surface area contributed by atoms with E-state index in [2.05, 4.69) is 27.5 Å². The van der Waals surface area contributed by atoms with Gasteiger partial charge in [0.2, 0.25) is 0 Å². The van der Waals surface area contributed by atoms with Crippen LogP contribution in [0.5, 0.6) is 5.75 Å². The molecule has 0 fully saturated rings. The van der Waals surface area contributed by atoms with E-state index >= 15 is 0 Å². The number of hydrogen-bond acceptors (Lipinski definition) is 4. The Kier molecular flexibility index (Phi) is 10.1. The highest BCUT2D eigenvalue weighted by molar-refractivity contribution is 14.0. The predicted octanol–water partition coefficient (Wildman–Crippen LogP) is 4.11. The Labute approximate surface area is 175 Å². The van der Waals surface area contributed by atoms with Crippen LogP contribution in [-0.2, 0) is 13.0 Å². The molecule has 2 N–H and O–H groups in total. The molecule has 1 unspecified atom stereocenters. The molecule has 0 aliphatic rings. The van der Waals surface area contributed by atoms with Gasteiger partial charge in [0.05, 0.1) is 13.1 Å². The van der Waals surface area contributed by atoms with Gasteiger partial charge in [-0.25, -0.2) is 4.98 Å². The molecule has 5 nitrogen and oxygen atoms in total. The summed E-state index contributed by atoms with van der Waals surface area (Å²) in [4.78, 5) is 9.90. The number of hydrogen-bond donors (Lipinski definition) is 2. The van der Waals surface area contributed by atoms with Crippen molar-refractivity contribution >= 4 is 52.9 Å². The molecule has 138 valence electrons. The summed E-state index contributed by atoms with van der Waals surface area (Å²) in [5.74, 6) is 1.49.